The molecule has 0 fully saturated rings. The molecule has 1 aromatic carbocycles. The third kappa shape index (κ3) is 2.22. The highest BCUT2D eigenvalue weighted by molar-refractivity contribution is 14.1. The van der Waals surface area contributed by atoms with Crippen LogP contribution in [-0.2, 0) is 0 Å². The molecule has 0 aliphatic carbocycles. The Kier molecular flexibility index (Phi) is 3.71. The normalized spacial score (nSPS) is 9.77. The molecule has 0 saturated carbocycles. The van der Waals surface area contributed by atoms with Crippen molar-refractivity contribution in [1.29, 1.82) is 0 Å². The summed E-state index contributed by atoms with van der Waals surface area (Å²) in [4.78, 5) is 10.3. The summed E-state index contributed by atoms with van der Waals surface area (Å²) in [5.74, 6) is 0.535. The van der Waals surface area contributed by atoms with Crippen LogP contribution >= 0.6 is 45.2 Å². The SMILES string of the molecule is COc1ccc(I)c([N+](=O)[O-])c1I. The molecule has 0 amide bonds. The lowest BCUT2D eigenvalue weighted by Crippen LogP contribution is -1.97. The van der Waals surface area contributed by atoms with Gasteiger partial charge in [0.1, 0.15) is 9.32 Å². The number of halogens is 2. The molecule has 0 bridgehead atoms. The lowest BCUT2D eigenvalue weighted by Gasteiger charge is -2.04. The highest BCUT2D eigenvalue weighted by atomic mass is 127. The maximum absolute atomic E-state index is 10.7. The van der Waals surface area contributed by atoms with E-state index in [0.717, 1.165) is 0 Å². The standard InChI is InChI=1S/C7H5I2NO3/c1-13-5-3-2-4(8)7(6(5)9)10(11)12/h2-3H,1H3. The first kappa shape index (κ1) is 11.0. The van der Waals surface area contributed by atoms with E-state index in [-0.39, 0.29) is 5.69 Å². The monoisotopic (exact) mass is 405 g/mol. The number of benzene rings is 1. The number of hydrogen-bond acceptors (Lipinski definition) is 3. The number of rotatable bonds is 2. The van der Waals surface area contributed by atoms with Gasteiger partial charge in [-0.25, -0.2) is 0 Å². The molecule has 4 nitrogen and oxygen atoms in total. The second-order valence-electron chi connectivity index (χ2n) is 2.17. The molecule has 0 atom stereocenters. The summed E-state index contributed by atoms with van der Waals surface area (Å²) < 4.78 is 6.13. The van der Waals surface area contributed by atoms with Crippen molar-refractivity contribution in [3.05, 3.63) is 29.4 Å². The van der Waals surface area contributed by atoms with Crippen LogP contribution in [0, 0.1) is 17.3 Å². The molecular formula is C7H5I2NO3. The first-order valence-electron chi connectivity index (χ1n) is 3.24. The van der Waals surface area contributed by atoms with E-state index in [1.807, 2.05) is 45.2 Å². The summed E-state index contributed by atoms with van der Waals surface area (Å²) in [7, 11) is 1.49. The van der Waals surface area contributed by atoms with Gasteiger partial charge >= 0.3 is 0 Å². The van der Waals surface area contributed by atoms with Crippen molar-refractivity contribution in [2.45, 2.75) is 0 Å². The molecule has 6 heteroatoms. The number of methoxy groups -OCH3 is 1. The van der Waals surface area contributed by atoms with Gasteiger partial charge in [0.25, 0.3) is 5.69 Å². The number of ether oxygens (including phenoxy) is 1. The summed E-state index contributed by atoms with van der Waals surface area (Å²) in [6.07, 6.45) is 0. The van der Waals surface area contributed by atoms with Crippen molar-refractivity contribution < 1.29 is 9.66 Å². The predicted molar refractivity (Wildman–Crippen MR) is 65.1 cm³/mol. The minimum atomic E-state index is -0.397. The molecule has 1 rings (SSSR count). The topological polar surface area (TPSA) is 52.4 Å². The van der Waals surface area contributed by atoms with E-state index in [2.05, 4.69) is 0 Å². The average Bonchev–Trinajstić information content (AvgIpc) is 2.04. The zero-order valence-electron chi connectivity index (χ0n) is 6.58. The maximum atomic E-state index is 10.7. The van der Waals surface area contributed by atoms with Crippen LogP contribution in [0.5, 0.6) is 5.75 Å². The third-order valence-corrected chi connectivity index (χ3v) is 3.35. The minimum Gasteiger partial charge on any atom is -0.495 e. The Morgan fingerprint density at radius 3 is 2.54 bits per heavy atom. The van der Waals surface area contributed by atoms with Crippen LogP contribution in [0.15, 0.2) is 12.1 Å². The van der Waals surface area contributed by atoms with Crippen molar-refractivity contribution in [2.24, 2.45) is 0 Å². The highest BCUT2D eigenvalue weighted by Gasteiger charge is 2.20. The molecule has 0 aliphatic rings. The Morgan fingerprint density at radius 1 is 1.46 bits per heavy atom. The molecule has 0 aromatic heterocycles. The first-order valence-corrected chi connectivity index (χ1v) is 5.40. The summed E-state index contributed by atoms with van der Waals surface area (Å²) in [5, 5.41) is 10.7. The lowest BCUT2D eigenvalue weighted by molar-refractivity contribution is -0.386. The van der Waals surface area contributed by atoms with Gasteiger partial charge < -0.3 is 4.74 Å². The molecular weight excluding hydrogens is 400 g/mol. The van der Waals surface area contributed by atoms with E-state index in [4.69, 9.17) is 4.74 Å². The van der Waals surface area contributed by atoms with E-state index in [0.29, 0.717) is 12.9 Å². The Hall–Kier alpha value is -0.120. The predicted octanol–water partition coefficient (Wildman–Crippen LogP) is 2.81. The van der Waals surface area contributed by atoms with Crippen molar-refractivity contribution in [3.8, 4) is 5.75 Å². The molecule has 1 aromatic rings. The van der Waals surface area contributed by atoms with Crippen molar-refractivity contribution in [1.82, 2.24) is 0 Å². The van der Waals surface area contributed by atoms with Crippen LogP contribution in [0.4, 0.5) is 5.69 Å². The van der Waals surface area contributed by atoms with Gasteiger partial charge in [-0.3, -0.25) is 10.1 Å². The quantitative estimate of drug-likeness (QED) is 0.432. The second kappa shape index (κ2) is 4.40. The summed E-state index contributed by atoms with van der Waals surface area (Å²) in [6.45, 7) is 0. The number of nitro benzene ring substituents is 1. The molecule has 13 heavy (non-hydrogen) atoms. The van der Waals surface area contributed by atoms with Crippen molar-refractivity contribution in [2.75, 3.05) is 7.11 Å². The molecule has 70 valence electrons. The number of hydrogen-bond donors (Lipinski definition) is 0. The third-order valence-electron chi connectivity index (χ3n) is 1.43. The summed E-state index contributed by atoms with van der Waals surface area (Å²) in [6, 6.07) is 3.39. The molecule has 0 saturated heterocycles. The van der Waals surface area contributed by atoms with Gasteiger partial charge in [0.15, 0.2) is 0 Å². The van der Waals surface area contributed by atoms with Gasteiger partial charge in [-0.1, -0.05) is 0 Å². The van der Waals surface area contributed by atoms with Crippen LogP contribution in [-0.4, -0.2) is 12.0 Å². The van der Waals surface area contributed by atoms with E-state index in [9.17, 15) is 10.1 Å². The fraction of sp³-hybridized carbons (Fsp3) is 0.143. The van der Waals surface area contributed by atoms with Gasteiger partial charge in [0, 0.05) is 0 Å². The average molecular weight is 405 g/mol. The van der Waals surface area contributed by atoms with Gasteiger partial charge in [0.05, 0.1) is 15.6 Å². The van der Waals surface area contributed by atoms with Crippen LogP contribution in [0.25, 0.3) is 0 Å². The van der Waals surface area contributed by atoms with Crippen LogP contribution in [0.1, 0.15) is 0 Å². The molecule has 0 radical (unpaired) electrons. The number of nitrogens with zero attached hydrogens (tertiary/aromatic N) is 1. The van der Waals surface area contributed by atoms with Gasteiger partial charge in [0.2, 0.25) is 0 Å². The van der Waals surface area contributed by atoms with E-state index in [1.54, 1.807) is 12.1 Å². The summed E-state index contributed by atoms with van der Waals surface area (Å²) >= 11 is 3.84. The largest absolute Gasteiger partial charge is 0.495 e. The first-order chi connectivity index (χ1) is 6.07. The van der Waals surface area contributed by atoms with E-state index < -0.39 is 4.92 Å². The van der Waals surface area contributed by atoms with Crippen molar-refractivity contribution >= 4 is 50.9 Å². The number of nitro groups is 1. The van der Waals surface area contributed by atoms with Gasteiger partial charge in [-0.2, -0.15) is 0 Å². The van der Waals surface area contributed by atoms with Crippen LogP contribution in [0.3, 0.4) is 0 Å². The molecule has 0 unspecified atom stereocenters. The van der Waals surface area contributed by atoms with Crippen molar-refractivity contribution in [3.63, 3.8) is 0 Å². The second-order valence-corrected chi connectivity index (χ2v) is 4.41. The smallest absolute Gasteiger partial charge is 0.299 e. The fourth-order valence-electron chi connectivity index (χ4n) is 0.847. The van der Waals surface area contributed by atoms with Crippen LogP contribution in [0.2, 0.25) is 0 Å². The zero-order chi connectivity index (χ0) is 10.0. The molecule has 0 aliphatic heterocycles. The van der Waals surface area contributed by atoms with E-state index >= 15 is 0 Å². The molecule has 0 spiro atoms. The van der Waals surface area contributed by atoms with Crippen LogP contribution < -0.4 is 4.74 Å². The highest BCUT2D eigenvalue weighted by Crippen LogP contribution is 2.33. The van der Waals surface area contributed by atoms with Gasteiger partial charge in [-0.05, 0) is 57.3 Å². The lowest BCUT2D eigenvalue weighted by atomic mass is 10.3. The van der Waals surface area contributed by atoms with Gasteiger partial charge in [-0.15, -0.1) is 0 Å². The Bertz CT molecular complexity index is 354. The van der Waals surface area contributed by atoms with E-state index in [1.165, 1.54) is 7.11 Å². The zero-order valence-corrected chi connectivity index (χ0v) is 10.9. The maximum Gasteiger partial charge on any atom is 0.299 e. The Balaban J connectivity index is 3.38. The molecule has 0 heterocycles. The molecule has 0 N–H and O–H groups in total. The Labute approximate surface area is 102 Å². The fourth-order valence-corrected chi connectivity index (χ4v) is 2.90. The summed E-state index contributed by atoms with van der Waals surface area (Å²) in [5.41, 5.74) is 0.112. The Morgan fingerprint density at radius 2 is 2.08 bits per heavy atom. The minimum absolute atomic E-state index is 0.112.